The van der Waals surface area contributed by atoms with Crippen LogP contribution in [0.2, 0.25) is 0 Å². The van der Waals surface area contributed by atoms with Crippen molar-refractivity contribution in [1.82, 2.24) is 0 Å². The van der Waals surface area contributed by atoms with Crippen LogP contribution in [0.1, 0.15) is 6.92 Å². The van der Waals surface area contributed by atoms with Crippen molar-refractivity contribution >= 4 is 58.0 Å². The molecule has 2 unspecified atom stereocenters. The van der Waals surface area contributed by atoms with Crippen molar-refractivity contribution in [1.29, 1.82) is 0 Å². The van der Waals surface area contributed by atoms with E-state index in [4.69, 9.17) is 68.2 Å². The van der Waals surface area contributed by atoms with E-state index >= 15 is 0 Å². The third-order valence-electron chi connectivity index (χ3n) is 0.816. The third kappa shape index (κ3) is 13.4. The Morgan fingerprint density at radius 1 is 1.31 bits per heavy atom. The van der Waals surface area contributed by atoms with Crippen LogP contribution >= 0.6 is 58.0 Å². The van der Waals surface area contributed by atoms with Gasteiger partial charge in [-0.15, -0.1) is 46.4 Å². The molecule has 2 nitrogen and oxygen atoms in total. The molecular formula is C6H11Cl5O2. The lowest BCUT2D eigenvalue weighted by Gasteiger charge is -2.12. The summed E-state index contributed by atoms with van der Waals surface area (Å²) in [6, 6.07) is 0. The Labute approximate surface area is 103 Å². The summed E-state index contributed by atoms with van der Waals surface area (Å²) in [5.41, 5.74) is -1.15. The van der Waals surface area contributed by atoms with Crippen molar-refractivity contribution in [2.24, 2.45) is 0 Å². The van der Waals surface area contributed by atoms with Gasteiger partial charge in [0.15, 0.2) is 5.56 Å². The zero-order valence-electron chi connectivity index (χ0n) is 6.85. The average molecular weight is 292 g/mol. The molecule has 0 rings (SSSR count). The average Bonchev–Trinajstić information content (AvgIpc) is 2.05. The minimum Gasteiger partial charge on any atom is -0.395 e. The fourth-order valence-corrected chi connectivity index (χ4v) is 0.127. The summed E-state index contributed by atoms with van der Waals surface area (Å²) in [5, 5.41) is 16.5. The van der Waals surface area contributed by atoms with Crippen LogP contribution in [-0.2, 0) is 0 Å². The van der Waals surface area contributed by atoms with Crippen molar-refractivity contribution in [3.8, 4) is 0 Å². The van der Waals surface area contributed by atoms with E-state index in [0.29, 0.717) is 0 Å². The summed E-state index contributed by atoms with van der Waals surface area (Å²) in [7, 11) is 0. The Hall–Kier alpha value is 1.37. The van der Waals surface area contributed by atoms with Crippen molar-refractivity contribution < 1.29 is 10.2 Å². The quantitative estimate of drug-likeness (QED) is 0.785. The van der Waals surface area contributed by atoms with Gasteiger partial charge in [0, 0.05) is 5.88 Å². The van der Waals surface area contributed by atoms with Gasteiger partial charge in [0.2, 0.25) is 0 Å². The first-order valence-corrected chi connectivity index (χ1v) is 5.45. The highest BCUT2D eigenvalue weighted by molar-refractivity contribution is 6.47. The van der Waals surface area contributed by atoms with E-state index in [1.165, 1.54) is 0 Å². The van der Waals surface area contributed by atoms with Crippen molar-refractivity contribution in [2.45, 2.75) is 22.2 Å². The van der Waals surface area contributed by atoms with Crippen LogP contribution < -0.4 is 0 Å². The highest BCUT2D eigenvalue weighted by Gasteiger charge is 2.16. The predicted octanol–water partition coefficient (Wildman–Crippen LogP) is 2.56. The molecule has 2 atom stereocenters. The van der Waals surface area contributed by atoms with Gasteiger partial charge < -0.3 is 10.2 Å². The van der Waals surface area contributed by atoms with E-state index in [-0.39, 0.29) is 12.5 Å². The number of hydrogen-bond acceptors (Lipinski definition) is 2. The van der Waals surface area contributed by atoms with E-state index in [2.05, 4.69) is 0 Å². The molecule has 0 fully saturated rings. The molecule has 0 spiro atoms. The molecule has 0 aromatic carbocycles. The second-order valence-electron chi connectivity index (χ2n) is 2.41. The second kappa shape index (κ2) is 8.66. The van der Waals surface area contributed by atoms with Crippen LogP contribution in [0.5, 0.6) is 0 Å². The molecule has 0 aromatic rings. The van der Waals surface area contributed by atoms with Gasteiger partial charge in [-0.25, -0.2) is 0 Å². The molecule has 2 N–H and O–H groups in total. The molecule has 0 aliphatic carbocycles. The lowest BCUT2D eigenvalue weighted by Crippen LogP contribution is -2.23. The standard InChI is InChI=1S/C4H8Cl2O.C2H3Cl3O/c1-4(6,2-5)3-7;3-1(4)2(5)6/h7H,2-3H2,1H3;1-2,6H. The van der Waals surface area contributed by atoms with Crippen LogP contribution in [0, 0.1) is 0 Å². The highest BCUT2D eigenvalue weighted by atomic mass is 35.5. The van der Waals surface area contributed by atoms with Crippen LogP contribution in [0.3, 0.4) is 0 Å². The van der Waals surface area contributed by atoms with Crippen molar-refractivity contribution in [2.75, 3.05) is 12.5 Å². The van der Waals surface area contributed by atoms with E-state index in [0.717, 1.165) is 0 Å². The molecule has 0 radical (unpaired) electrons. The molecule has 0 heterocycles. The van der Waals surface area contributed by atoms with Crippen LogP contribution in [0.4, 0.5) is 0 Å². The minimum atomic E-state index is -1.15. The van der Waals surface area contributed by atoms with Gasteiger partial charge >= 0.3 is 0 Å². The molecule has 7 heteroatoms. The predicted molar refractivity (Wildman–Crippen MR) is 59.4 cm³/mol. The number of aliphatic hydroxyl groups is 2. The smallest absolute Gasteiger partial charge is 0.157 e. The molecule has 0 aromatic heterocycles. The Kier molecular flexibility index (Phi) is 11.2. The minimum absolute atomic E-state index is 0.0714. The topological polar surface area (TPSA) is 40.5 Å². The summed E-state index contributed by atoms with van der Waals surface area (Å²) in [6.07, 6.45) is 0. The van der Waals surface area contributed by atoms with Gasteiger partial charge in [0.25, 0.3) is 0 Å². The number of aliphatic hydroxyl groups excluding tert-OH is 2. The van der Waals surface area contributed by atoms with Gasteiger partial charge in [-0.3, -0.25) is 0 Å². The summed E-state index contributed by atoms with van der Waals surface area (Å²) in [4.78, 5) is -1.51. The Balaban J connectivity index is 0. The lowest BCUT2D eigenvalue weighted by atomic mass is 10.2. The Morgan fingerprint density at radius 2 is 1.62 bits per heavy atom. The summed E-state index contributed by atoms with van der Waals surface area (Å²) in [5.74, 6) is 0.283. The van der Waals surface area contributed by atoms with Crippen LogP contribution in [0.15, 0.2) is 0 Å². The van der Waals surface area contributed by atoms with Gasteiger partial charge in [0.05, 0.1) is 11.5 Å². The number of rotatable bonds is 3. The van der Waals surface area contributed by atoms with Crippen molar-refractivity contribution in [3.05, 3.63) is 0 Å². The first-order valence-electron chi connectivity index (χ1n) is 3.23. The van der Waals surface area contributed by atoms with Crippen LogP contribution in [0.25, 0.3) is 0 Å². The number of halogens is 5. The Bertz CT molecular complexity index is 106. The van der Waals surface area contributed by atoms with Gasteiger partial charge in [-0.05, 0) is 6.92 Å². The van der Waals surface area contributed by atoms with Gasteiger partial charge in [-0.2, -0.15) is 0 Å². The van der Waals surface area contributed by atoms with E-state index in [9.17, 15) is 0 Å². The van der Waals surface area contributed by atoms with Crippen LogP contribution in [-0.4, -0.2) is 38.0 Å². The molecule has 13 heavy (non-hydrogen) atoms. The molecule has 0 amide bonds. The first kappa shape index (κ1) is 16.8. The SMILES string of the molecule is CC(Cl)(CO)CCl.OC(Cl)C(Cl)Cl. The highest BCUT2D eigenvalue weighted by Crippen LogP contribution is 2.13. The third-order valence-corrected chi connectivity index (χ3v) is 2.78. The van der Waals surface area contributed by atoms with Gasteiger partial charge in [0.1, 0.15) is 4.84 Å². The fourth-order valence-electron chi connectivity index (χ4n) is 0.0423. The monoisotopic (exact) mass is 290 g/mol. The number of hydrogen-bond donors (Lipinski definition) is 2. The maximum Gasteiger partial charge on any atom is 0.157 e. The largest absolute Gasteiger partial charge is 0.395 e. The molecular weight excluding hydrogens is 281 g/mol. The maximum atomic E-state index is 8.38. The molecule has 0 bridgehead atoms. The molecule has 82 valence electrons. The lowest BCUT2D eigenvalue weighted by molar-refractivity contribution is 0.263. The molecule has 0 saturated carbocycles. The molecule has 0 aliphatic heterocycles. The zero-order valence-corrected chi connectivity index (χ0v) is 10.6. The Morgan fingerprint density at radius 3 is 1.62 bits per heavy atom. The summed E-state index contributed by atoms with van der Waals surface area (Å²) >= 11 is 25.7. The summed E-state index contributed by atoms with van der Waals surface area (Å²) in [6.45, 7) is 1.61. The summed E-state index contributed by atoms with van der Waals surface area (Å²) < 4.78 is 0. The first-order chi connectivity index (χ1) is 5.76. The molecule has 0 aliphatic rings. The normalized spacial score (nSPS) is 17.3. The van der Waals surface area contributed by atoms with E-state index in [1.54, 1.807) is 6.92 Å². The second-order valence-corrected chi connectivity index (χ2v) is 5.20. The zero-order chi connectivity index (χ0) is 11.1. The van der Waals surface area contributed by atoms with Gasteiger partial charge in [-0.1, -0.05) is 11.6 Å². The van der Waals surface area contributed by atoms with Crippen molar-refractivity contribution in [3.63, 3.8) is 0 Å². The molecule has 0 saturated heterocycles. The number of alkyl halides is 5. The fraction of sp³-hybridized carbons (Fsp3) is 1.00. The van der Waals surface area contributed by atoms with E-state index in [1.807, 2.05) is 0 Å². The van der Waals surface area contributed by atoms with E-state index < -0.39 is 15.3 Å². The maximum absolute atomic E-state index is 8.38.